The van der Waals surface area contributed by atoms with Crippen molar-refractivity contribution in [2.24, 2.45) is 0 Å². The lowest BCUT2D eigenvalue weighted by Crippen LogP contribution is -2.14. The largest absolute Gasteiger partial charge is 0.478 e. The van der Waals surface area contributed by atoms with E-state index in [9.17, 15) is 14.7 Å². The number of carboxylic acids is 1. The van der Waals surface area contributed by atoms with Crippen LogP contribution in [0.2, 0.25) is 5.02 Å². The number of thiophene rings is 1. The van der Waals surface area contributed by atoms with Crippen molar-refractivity contribution in [2.45, 2.75) is 6.92 Å². The maximum absolute atomic E-state index is 12.6. The number of rotatable bonds is 4. The summed E-state index contributed by atoms with van der Waals surface area (Å²) in [4.78, 5) is 28.7. The molecular weight excluding hydrogens is 431 g/mol. The molecule has 0 bridgehead atoms. The number of nitrogens with one attached hydrogen (secondary N) is 1. The van der Waals surface area contributed by atoms with E-state index in [1.165, 1.54) is 0 Å². The average Bonchev–Trinajstić information content (AvgIpc) is 3.28. The first-order valence-electron chi connectivity index (χ1n) is 8.43. The van der Waals surface area contributed by atoms with Gasteiger partial charge in [0.15, 0.2) is 5.58 Å². The van der Waals surface area contributed by atoms with Gasteiger partial charge >= 0.3 is 11.9 Å². The van der Waals surface area contributed by atoms with Gasteiger partial charge in [0, 0.05) is 16.0 Å². The lowest BCUT2D eigenvalue weighted by Gasteiger charge is -2.09. The predicted octanol–water partition coefficient (Wildman–Crippen LogP) is 4.97. The minimum absolute atomic E-state index is 0.00452. The first-order valence-corrected chi connectivity index (χ1v) is 10.3. The predicted molar refractivity (Wildman–Crippen MR) is 118 cm³/mol. The molecule has 0 spiro atoms. The Kier molecular flexibility index (Phi) is 5.13. The van der Waals surface area contributed by atoms with Gasteiger partial charge < -0.3 is 14.8 Å². The van der Waals surface area contributed by atoms with Crippen LogP contribution in [0.4, 0.5) is 5.00 Å². The highest BCUT2D eigenvalue weighted by Gasteiger charge is 2.24. The Labute approximate surface area is 176 Å². The molecule has 2 aromatic heterocycles. The maximum Gasteiger partial charge on any atom is 0.339 e. The molecule has 9 heteroatoms. The van der Waals surface area contributed by atoms with Gasteiger partial charge in [-0.15, -0.1) is 20.6 Å². The number of aromatic nitrogens is 1. The van der Waals surface area contributed by atoms with Gasteiger partial charge in [-0.2, -0.15) is 0 Å². The Morgan fingerprint density at radius 3 is 2.72 bits per heavy atom. The van der Waals surface area contributed by atoms with Crippen LogP contribution in [0.25, 0.3) is 22.2 Å². The first-order chi connectivity index (χ1) is 13.8. The molecule has 0 saturated carbocycles. The van der Waals surface area contributed by atoms with E-state index in [0.29, 0.717) is 27.2 Å². The standard InChI is InChI=1S/C20H14ClN2O4PS/c1-9-6-10(15(28)7-12(9)21)11-8-29-19(16(11)20(25)26)23-17(24)18-22-13-4-2-3-5-14(13)27-18/h2-8H,28H2,1H3,(H,23,24)(H,25,26). The highest BCUT2D eigenvalue weighted by Crippen LogP contribution is 2.37. The molecule has 2 heterocycles. The second kappa shape index (κ2) is 7.59. The number of carbonyl (C=O) groups is 2. The highest BCUT2D eigenvalue weighted by molar-refractivity contribution is 7.28. The fourth-order valence-electron chi connectivity index (χ4n) is 2.92. The molecule has 1 atom stereocenters. The summed E-state index contributed by atoms with van der Waals surface area (Å²) in [6.07, 6.45) is 0. The molecule has 0 saturated heterocycles. The van der Waals surface area contributed by atoms with Crippen LogP contribution in [-0.2, 0) is 0 Å². The Hall–Kier alpha value is -2.73. The summed E-state index contributed by atoms with van der Waals surface area (Å²) >= 11 is 7.27. The fraction of sp³-hybridized carbons (Fsp3) is 0.0500. The molecule has 4 rings (SSSR count). The second-order valence-electron chi connectivity index (χ2n) is 6.29. The zero-order chi connectivity index (χ0) is 20.7. The van der Waals surface area contributed by atoms with E-state index in [1.54, 1.807) is 35.7 Å². The van der Waals surface area contributed by atoms with E-state index in [4.69, 9.17) is 16.0 Å². The van der Waals surface area contributed by atoms with Crippen molar-refractivity contribution >= 4 is 65.5 Å². The third-order valence-corrected chi connectivity index (χ3v) is 6.12. The molecule has 29 heavy (non-hydrogen) atoms. The Balaban J connectivity index is 1.73. The number of halogens is 1. The molecular formula is C20H14ClN2O4PS. The maximum atomic E-state index is 12.6. The zero-order valence-electron chi connectivity index (χ0n) is 15.0. The first kappa shape index (κ1) is 19.6. The van der Waals surface area contributed by atoms with Gasteiger partial charge in [0.05, 0.1) is 0 Å². The van der Waals surface area contributed by atoms with E-state index in [2.05, 4.69) is 19.5 Å². The smallest absolute Gasteiger partial charge is 0.339 e. The number of aromatic carboxylic acids is 1. The number of benzene rings is 2. The quantitative estimate of drug-likeness (QED) is 0.433. The molecule has 6 nitrogen and oxygen atoms in total. The summed E-state index contributed by atoms with van der Waals surface area (Å²) in [5.41, 5.74) is 3.07. The minimum atomic E-state index is -1.15. The topological polar surface area (TPSA) is 92.4 Å². The van der Waals surface area contributed by atoms with Crippen molar-refractivity contribution in [3.63, 3.8) is 0 Å². The monoisotopic (exact) mass is 444 g/mol. The number of aryl methyl sites for hydroxylation is 1. The van der Waals surface area contributed by atoms with Crippen molar-refractivity contribution in [2.75, 3.05) is 5.32 Å². The van der Waals surface area contributed by atoms with Crippen molar-refractivity contribution in [3.05, 3.63) is 63.8 Å². The van der Waals surface area contributed by atoms with E-state index >= 15 is 0 Å². The van der Waals surface area contributed by atoms with Gasteiger partial charge in [-0.1, -0.05) is 23.7 Å². The molecule has 0 aliphatic rings. The molecule has 4 aromatic rings. The molecule has 0 fully saturated rings. The van der Waals surface area contributed by atoms with E-state index in [-0.39, 0.29) is 16.5 Å². The number of hydrogen-bond acceptors (Lipinski definition) is 5. The van der Waals surface area contributed by atoms with Gasteiger partial charge in [0.25, 0.3) is 5.89 Å². The summed E-state index contributed by atoms with van der Waals surface area (Å²) in [7, 11) is 2.56. The van der Waals surface area contributed by atoms with E-state index < -0.39 is 11.9 Å². The summed E-state index contributed by atoms with van der Waals surface area (Å²) in [5.74, 6) is -1.90. The van der Waals surface area contributed by atoms with Gasteiger partial charge in [-0.25, -0.2) is 9.78 Å². The molecule has 2 aromatic carbocycles. The zero-order valence-corrected chi connectivity index (χ0v) is 17.8. The van der Waals surface area contributed by atoms with Gasteiger partial charge in [0.1, 0.15) is 16.1 Å². The summed E-state index contributed by atoms with van der Waals surface area (Å²) in [6.45, 7) is 1.85. The van der Waals surface area contributed by atoms with Crippen LogP contribution in [0.15, 0.2) is 46.2 Å². The lowest BCUT2D eigenvalue weighted by molar-refractivity contribution is 0.0699. The van der Waals surface area contributed by atoms with Crippen LogP contribution < -0.4 is 10.6 Å². The molecule has 2 N–H and O–H groups in total. The van der Waals surface area contributed by atoms with Crippen LogP contribution in [0.5, 0.6) is 0 Å². The minimum Gasteiger partial charge on any atom is -0.478 e. The van der Waals surface area contributed by atoms with E-state index in [0.717, 1.165) is 22.2 Å². The highest BCUT2D eigenvalue weighted by atomic mass is 35.5. The van der Waals surface area contributed by atoms with Crippen molar-refractivity contribution in [1.29, 1.82) is 0 Å². The van der Waals surface area contributed by atoms with Crippen LogP contribution in [0, 0.1) is 6.92 Å². The van der Waals surface area contributed by atoms with Crippen LogP contribution in [0.1, 0.15) is 26.6 Å². The van der Waals surface area contributed by atoms with E-state index in [1.807, 2.05) is 13.0 Å². The van der Waals surface area contributed by atoms with Gasteiger partial charge in [0.2, 0.25) is 0 Å². The SMILES string of the molecule is Cc1cc(-c2csc(NC(=O)c3nc4ccccc4o3)c2C(=O)O)c(P)cc1Cl. The number of fused-ring (bicyclic) bond motifs is 1. The van der Waals surface area contributed by atoms with Crippen LogP contribution >= 0.6 is 32.2 Å². The molecule has 146 valence electrons. The number of amides is 1. The number of carboxylic acid groups (broad SMARTS) is 1. The number of para-hydroxylation sites is 2. The number of carbonyl (C=O) groups excluding carboxylic acids is 1. The number of nitrogens with zero attached hydrogens (tertiary/aromatic N) is 1. The van der Waals surface area contributed by atoms with Crippen molar-refractivity contribution in [3.8, 4) is 11.1 Å². The van der Waals surface area contributed by atoms with Crippen LogP contribution in [0.3, 0.4) is 0 Å². The normalized spacial score (nSPS) is 11.0. The lowest BCUT2D eigenvalue weighted by atomic mass is 10.0. The fourth-order valence-corrected chi connectivity index (χ4v) is 4.55. The molecule has 0 aliphatic heterocycles. The Morgan fingerprint density at radius 2 is 2.00 bits per heavy atom. The Morgan fingerprint density at radius 1 is 1.24 bits per heavy atom. The Bertz CT molecular complexity index is 1250. The average molecular weight is 445 g/mol. The van der Waals surface area contributed by atoms with Crippen molar-refractivity contribution in [1.82, 2.24) is 4.98 Å². The van der Waals surface area contributed by atoms with Crippen LogP contribution in [-0.4, -0.2) is 22.0 Å². The third kappa shape index (κ3) is 3.65. The molecule has 0 radical (unpaired) electrons. The summed E-state index contributed by atoms with van der Waals surface area (Å²) in [6, 6.07) is 10.6. The molecule has 1 amide bonds. The second-order valence-corrected chi connectivity index (χ2v) is 8.20. The summed E-state index contributed by atoms with van der Waals surface area (Å²) < 4.78 is 5.46. The number of oxazole rings is 1. The van der Waals surface area contributed by atoms with Gasteiger partial charge in [-0.05, 0) is 47.6 Å². The third-order valence-electron chi connectivity index (χ3n) is 4.34. The molecule has 0 aliphatic carbocycles. The van der Waals surface area contributed by atoms with Gasteiger partial charge in [-0.3, -0.25) is 4.79 Å². The molecule has 1 unspecified atom stereocenters. The summed E-state index contributed by atoms with van der Waals surface area (Å²) in [5, 5.41) is 15.7. The van der Waals surface area contributed by atoms with Crippen molar-refractivity contribution < 1.29 is 19.1 Å². The number of hydrogen-bond donors (Lipinski definition) is 2. The number of anilines is 1.